The number of hydrogen-bond acceptors (Lipinski definition) is 9. The Hall–Kier alpha value is -6.36. The maximum absolute atomic E-state index is 13.7. The van der Waals surface area contributed by atoms with Crippen LogP contribution >= 0.6 is 0 Å². The second kappa shape index (κ2) is 16.3. The van der Waals surface area contributed by atoms with Crippen LogP contribution in [-0.4, -0.2) is 80.7 Å². The van der Waals surface area contributed by atoms with E-state index in [0.29, 0.717) is 78.0 Å². The summed E-state index contributed by atoms with van der Waals surface area (Å²) in [5.74, 6) is 2.33. The lowest BCUT2D eigenvalue weighted by molar-refractivity contribution is 0.0809. The van der Waals surface area contributed by atoms with E-state index in [0.717, 1.165) is 28.0 Å². The molecule has 0 saturated heterocycles. The van der Waals surface area contributed by atoms with Crippen LogP contribution in [0, 0.1) is 0 Å². The van der Waals surface area contributed by atoms with E-state index in [-0.39, 0.29) is 23.9 Å². The minimum absolute atomic E-state index is 0.136. The first kappa shape index (κ1) is 37.0. The summed E-state index contributed by atoms with van der Waals surface area (Å²) in [5, 5.41) is 0. The molecular formula is C44H44N4O7. The summed E-state index contributed by atoms with van der Waals surface area (Å²) in [7, 11) is 4.73. The van der Waals surface area contributed by atoms with Gasteiger partial charge in [0.05, 0.1) is 69.1 Å². The molecular weight excluding hydrogens is 697 g/mol. The molecule has 0 aromatic heterocycles. The zero-order valence-electron chi connectivity index (χ0n) is 31.7. The van der Waals surface area contributed by atoms with E-state index in [1.54, 1.807) is 55.4 Å². The molecule has 55 heavy (non-hydrogen) atoms. The summed E-state index contributed by atoms with van der Waals surface area (Å²) in [6, 6.07) is 24.4. The van der Waals surface area contributed by atoms with Gasteiger partial charge in [-0.1, -0.05) is 56.3 Å². The van der Waals surface area contributed by atoms with Gasteiger partial charge in [-0.05, 0) is 46.5 Å². The molecule has 0 N–H and O–H groups in total. The van der Waals surface area contributed by atoms with Gasteiger partial charge in [-0.2, -0.15) is 0 Å². The average molecular weight is 741 g/mol. The molecule has 0 radical (unpaired) electrons. The van der Waals surface area contributed by atoms with Gasteiger partial charge in [0.2, 0.25) is 0 Å². The summed E-state index contributed by atoms with van der Waals surface area (Å²) < 4.78 is 28.8. The molecule has 11 heteroatoms. The third kappa shape index (κ3) is 7.42. The van der Waals surface area contributed by atoms with Crippen LogP contribution in [-0.2, 0) is 0 Å². The molecule has 2 amide bonds. The SMILES string of the molecule is CC.COc1ccc(C2=CN3C(=O)c4cc(OC)c(OCCCOc5cc6c(cc5OC)C(=O)N5C=C(c7ccccc7)CC5C=N6)cc4N=CC3C2)cc1. The van der Waals surface area contributed by atoms with Crippen LogP contribution in [0.15, 0.2) is 101 Å². The zero-order chi connectivity index (χ0) is 38.5. The van der Waals surface area contributed by atoms with Gasteiger partial charge in [0.1, 0.15) is 5.75 Å². The monoisotopic (exact) mass is 740 g/mol. The number of rotatable bonds is 11. The van der Waals surface area contributed by atoms with Crippen LogP contribution in [0.4, 0.5) is 11.4 Å². The van der Waals surface area contributed by atoms with Crippen LogP contribution in [0.5, 0.6) is 28.7 Å². The number of ether oxygens (including phenoxy) is 5. The van der Waals surface area contributed by atoms with Crippen molar-refractivity contribution in [3.8, 4) is 28.7 Å². The molecule has 4 heterocycles. The average Bonchev–Trinajstić information content (AvgIpc) is 3.82. The van der Waals surface area contributed by atoms with Gasteiger partial charge in [0.15, 0.2) is 23.0 Å². The van der Waals surface area contributed by atoms with Crippen LogP contribution in [0.1, 0.15) is 65.0 Å². The number of fused-ring (bicyclic) bond motifs is 4. The number of amides is 2. The molecule has 4 aromatic rings. The summed E-state index contributed by atoms with van der Waals surface area (Å²) in [5.41, 5.74) is 6.21. The third-order valence-corrected chi connectivity index (χ3v) is 9.84. The van der Waals surface area contributed by atoms with E-state index in [9.17, 15) is 9.59 Å². The van der Waals surface area contributed by atoms with Crippen molar-refractivity contribution in [1.82, 2.24) is 9.80 Å². The van der Waals surface area contributed by atoms with Crippen molar-refractivity contribution in [3.05, 3.63) is 114 Å². The second-order valence-corrected chi connectivity index (χ2v) is 13.0. The third-order valence-electron chi connectivity index (χ3n) is 9.84. The van der Waals surface area contributed by atoms with E-state index in [4.69, 9.17) is 33.7 Å². The fourth-order valence-electron chi connectivity index (χ4n) is 7.02. The van der Waals surface area contributed by atoms with E-state index in [1.165, 1.54) is 0 Å². The Balaban J connectivity index is 0.00000229. The number of nitrogens with zero attached hydrogens (tertiary/aromatic N) is 4. The van der Waals surface area contributed by atoms with Gasteiger partial charge >= 0.3 is 0 Å². The predicted octanol–water partition coefficient (Wildman–Crippen LogP) is 8.53. The zero-order valence-corrected chi connectivity index (χ0v) is 31.7. The van der Waals surface area contributed by atoms with Gasteiger partial charge in [-0.25, -0.2) is 0 Å². The molecule has 282 valence electrons. The van der Waals surface area contributed by atoms with Gasteiger partial charge in [0, 0.05) is 56.2 Å². The fraction of sp³-hybridized carbons (Fsp3) is 0.273. The maximum atomic E-state index is 13.7. The lowest BCUT2D eigenvalue weighted by atomic mass is 10.0. The Morgan fingerprint density at radius 1 is 0.600 bits per heavy atom. The summed E-state index contributed by atoms with van der Waals surface area (Å²) in [6.07, 6.45) is 9.33. The second-order valence-electron chi connectivity index (χ2n) is 13.0. The Morgan fingerprint density at radius 3 is 1.53 bits per heavy atom. The lowest BCUT2D eigenvalue weighted by Crippen LogP contribution is -2.32. The Labute approximate surface area is 321 Å². The van der Waals surface area contributed by atoms with Crippen molar-refractivity contribution < 1.29 is 33.3 Å². The molecule has 0 saturated carbocycles. The van der Waals surface area contributed by atoms with Crippen LogP contribution in [0.3, 0.4) is 0 Å². The maximum Gasteiger partial charge on any atom is 0.260 e. The summed E-state index contributed by atoms with van der Waals surface area (Å²) >= 11 is 0. The lowest BCUT2D eigenvalue weighted by Gasteiger charge is -2.19. The van der Waals surface area contributed by atoms with Crippen LogP contribution < -0.4 is 23.7 Å². The number of benzene rings is 4. The quantitative estimate of drug-likeness (QED) is 0.142. The van der Waals surface area contributed by atoms with Crippen molar-refractivity contribution in [1.29, 1.82) is 0 Å². The summed E-state index contributed by atoms with van der Waals surface area (Å²) in [6.45, 7) is 4.63. The van der Waals surface area contributed by atoms with E-state index >= 15 is 0 Å². The minimum atomic E-state index is -0.199. The highest BCUT2D eigenvalue weighted by Crippen LogP contribution is 2.42. The van der Waals surface area contributed by atoms with Crippen molar-refractivity contribution in [2.24, 2.45) is 9.98 Å². The highest BCUT2D eigenvalue weighted by molar-refractivity contribution is 6.06. The number of methoxy groups -OCH3 is 3. The van der Waals surface area contributed by atoms with Crippen molar-refractivity contribution in [3.63, 3.8) is 0 Å². The Morgan fingerprint density at radius 2 is 1.07 bits per heavy atom. The molecule has 0 fully saturated rings. The molecule has 2 unspecified atom stereocenters. The highest BCUT2D eigenvalue weighted by Gasteiger charge is 2.35. The van der Waals surface area contributed by atoms with E-state index < -0.39 is 0 Å². The van der Waals surface area contributed by atoms with Gasteiger partial charge in [-0.3, -0.25) is 19.6 Å². The topological polar surface area (TPSA) is 111 Å². The Kier molecular flexibility index (Phi) is 11.0. The van der Waals surface area contributed by atoms with Gasteiger partial charge in [0.25, 0.3) is 11.8 Å². The van der Waals surface area contributed by atoms with Crippen molar-refractivity contribution >= 4 is 46.8 Å². The molecule has 0 bridgehead atoms. The largest absolute Gasteiger partial charge is 0.497 e. The van der Waals surface area contributed by atoms with Gasteiger partial charge < -0.3 is 33.5 Å². The first-order chi connectivity index (χ1) is 26.9. The first-order valence-corrected chi connectivity index (χ1v) is 18.5. The smallest absolute Gasteiger partial charge is 0.260 e. The molecule has 4 aromatic carbocycles. The number of hydrogen-bond donors (Lipinski definition) is 0. The predicted molar refractivity (Wildman–Crippen MR) is 214 cm³/mol. The van der Waals surface area contributed by atoms with Crippen molar-refractivity contribution in [2.75, 3.05) is 34.5 Å². The number of aliphatic imine (C=N–C) groups is 2. The standard InChI is InChI=1S/C42H38N4O7.C2H6/c1-49-32-12-10-27(11-13-32)29-17-31-23-44-36-21-40(38(51-3)19-34(36)42(48)46(31)25-29)53-15-7-14-52-39-20-35-33(18-37(39)50-2)41(47)45-24-28(16-30(45)22-43-35)26-8-5-4-6-9-26;1-2/h4-6,8-13,18-25,30-31H,7,14-17H2,1-3H3;1-2H3. The molecule has 8 rings (SSSR count). The highest BCUT2D eigenvalue weighted by atomic mass is 16.5. The van der Waals surface area contributed by atoms with Gasteiger partial charge in [-0.15, -0.1) is 0 Å². The van der Waals surface area contributed by atoms with Crippen LogP contribution in [0.25, 0.3) is 11.1 Å². The molecule has 2 atom stereocenters. The van der Waals surface area contributed by atoms with E-state index in [1.807, 2.05) is 93.3 Å². The number of carbonyl (C=O) groups excluding carboxylic acids is 2. The summed E-state index contributed by atoms with van der Waals surface area (Å²) in [4.78, 5) is 40.3. The normalized spacial score (nSPS) is 17.7. The Bertz CT molecular complexity index is 2190. The number of carbonyl (C=O) groups is 2. The first-order valence-electron chi connectivity index (χ1n) is 18.5. The minimum Gasteiger partial charge on any atom is -0.497 e. The van der Waals surface area contributed by atoms with E-state index in [2.05, 4.69) is 0 Å². The molecule has 4 aliphatic rings. The fourth-order valence-corrected chi connectivity index (χ4v) is 7.02. The molecule has 0 aliphatic carbocycles. The molecule has 4 aliphatic heterocycles. The molecule has 11 nitrogen and oxygen atoms in total. The molecule has 0 spiro atoms. The van der Waals surface area contributed by atoms with Crippen LogP contribution in [0.2, 0.25) is 0 Å². The van der Waals surface area contributed by atoms with Crippen molar-refractivity contribution in [2.45, 2.75) is 45.2 Å².